The second-order valence-corrected chi connectivity index (χ2v) is 19.3. The van der Waals surface area contributed by atoms with Crippen LogP contribution < -0.4 is 0 Å². The second kappa shape index (κ2) is 42.1. The van der Waals surface area contributed by atoms with E-state index in [2.05, 4.69) is 27.7 Å². The van der Waals surface area contributed by atoms with Gasteiger partial charge in [0.15, 0.2) is 5.79 Å². The van der Waals surface area contributed by atoms with Gasteiger partial charge in [0.1, 0.15) is 19.8 Å². The molecule has 1 saturated heterocycles. The van der Waals surface area contributed by atoms with Crippen LogP contribution in [0.2, 0.25) is 0 Å². The van der Waals surface area contributed by atoms with Crippen LogP contribution in [0.1, 0.15) is 240 Å². The van der Waals surface area contributed by atoms with Crippen molar-refractivity contribution in [3.63, 3.8) is 0 Å². The number of nitrogens with zero attached hydrogens (tertiary/aromatic N) is 1. The van der Waals surface area contributed by atoms with E-state index in [9.17, 15) is 24.0 Å². The third-order valence-electron chi connectivity index (χ3n) is 13.0. The van der Waals surface area contributed by atoms with Crippen LogP contribution in [0.4, 0.5) is 0 Å². The number of carbonyl (C=O) groups excluding carboxylic acids is 4. The number of aliphatic carboxylic acids is 1. The van der Waals surface area contributed by atoms with Gasteiger partial charge in [0.2, 0.25) is 5.91 Å². The van der Waals surface area contributed by atoms with E-state index in [0.29, 0.717) is 38.9 Å². The van der Waals surface area contributed by atoms with Crippen LogP contribution in [0.15, 0.2) is 0 Å². The molecule has 0 aliphatic carbocycles. The summed E-state index contributed by atoms with van der Waals surface area (Å²) in [4.78, 5) is 63.7. The van der Waals surface area contributed by atoms with Crippen molar-refractivity contribution >= 4 is 29.8 Å². The highest BCUT2D eigenvalue weighted by molar-refractivity contribution is 5.83. The highest BCUT2D eigenvalue weighted by Crippen LogP contribution is 2.35. The number of carboxylic acids is 1. The zero-order chi connectivity index (χ0) is 49.2. The van der Waals surface area contributed by atoms with Crippen molar-refractivity contribution in [3.8, 4) is 0 Å². The molecule has 1 amide bonds. The molecule has 1 heterocycles. The van der Waals surface area contributed by atoms with Gasteiger partial charge >= 0.3 is 23.9 Å². The van der Waals surface area contributed by atoms with Crippen molar-refractivity contribution in [2.24, 2.45) is 11.8 Å². The summed E-state index contributed by atoms with van der Waals surface area (Å²) in [5.74, 6) is -3.05. The molecule has 4 unspecified atom stereocenters. The van der Waals surface area contributed by atoms with E-state index in [1.807, 2.05) is 0 Å². The first-order chi connectivity index (χ1) is 32.5. The molecule has 1 N–H and O–H groups in total. The van der Waals surface area contributed by atoms with Crippen LogP contribution in [0.25, 0.3) is 0 Å². The van der Waals surface area contributed by atoms with Gasteiger partial charge in [0.05, 0.1) is 38.4 Å². The Balaban J connectivity index is 2.66. The first-order valence-electron chi connectivity index (χ1n) is 27.3. The highest BCUT2D eigenvalue weighted by atomic mass is 16.7. The summed E-state index contributed by atoms with van der Waals surface area (Å²) < 4.78 is 34.4. The van der Waals surface area contributed by atoms with Crippen LogP contribution in [-0.2, 0) is 52.4 Å². The molecule has 0 aromatic rings. The minimum atomic E-state index is -1.16. The maximum atomic E-state index is 13.5. The van der Waals surface area contributed by atoms with Gasteiger partial charge in [-0.05, 0) is 64.2 Å². The lowest BCUT2D eigenvalue weighted by Crippen LogP contribution is -2.37. The Labute approximate surface area is 407 Å². The molecule has 0 spiro atoms. The molecule has 0 saturated carbocycles. The fourth-order valence-corrected chi connectivity index (χ4v) is 8.91. The summed E-state index contributed by atoms with van der Waals surface area (Å²) in [6.45, 7) is 8.91. The lowest BCUT2D eigenvalue weighted by molar-refractivity contribution is -0.181. The summed E-state index contributed by atoms with van der Waals surface area (Å²) in [6, 6.07) is 0. The average molecular weight is 954 g/mol. The lowest BCUT2D eigenvalue weighted by atomic mass is 9.93. The normalized spacial score (nSPS) is 16.7. The van der Waals surface area contributed by atoms with Gasteiger partial charge in [-0.2, -0.15) is 0 Å². The molecular weight excluding hydrogens is 855 g/mol. The zero-order valence-corrected chi connectivity index (χ0v) is 43.4. The number of carbonyl (C=O) groups is 5. The van der Waals surface area contributed by atoms with Crippen LogP contribution >= 0.6 is 0 Å². The van der Waals surface area contributed by atoms with Crippen LogP contribution in [-0.4, -0.2) is 105 Å². The molecule has 1 rings (SSSR count). The number of unbranched alkanes of at least 4 members (excludes halogenated alkanes) is 20. The molecule has 13 heteroatoms. The SMILES string of the molecule is CCCCCCCCC(CCCCCC)C(=O)OCCCCCC1(CCCCCOC(=O)CN(C)C(=O)C(CCCCCC)CCCCCCCC)OCC(CCOC(=O)COCC(=O)O)O1. The van der Waals surface area contributed by atoms with Crippen molar-refractivity contribution in [3.05, 3.63) is 0 Å². The Kier molecular flexibility index (Phi) is 39.1. The summed E-state index contributed by atoms with van der Waals surface area (Å²) in [6.07, 6.45) is 33.2. The highest BCUT2D eigenvalue weighted by Gasteiger charge is 2.40. The van der Waals surface area contributed by atoms with Gasteiger partial charge in [-0.15, -0.1) is 0 Å². The maximum absolute atomic E-state index is 13.5. The van der Waals surface area contributed by atoms with Crippen molar-refractivity contribution in [2.75, 3.05) is 53.2 Å². The molecule has 1 aliphatic rings. The number of rotatable bonds is 47. The van der Waals surface area contributed by atoms with Crippen molar-refractivity contribution < 1.29 is 57.5 Å². The monoisotopic (exact) mass is 954 g/mol. The average Bonchev–Trinajstić information content (AvgIpc) is 3.71. The number of ether oxygens (including phenoxy) is 6. The molecule has 0 radical (unpaired) electrons. The number of amides is 1. The predicted molar refractivity (Wildman–Crippen MR) is 265 cm³/mol. The Morgan fingerprint density at radius 1 is 0.552 bits per heavy atom. The predicted octanol–water partition coefficient (Wildman–Crippen LogP) is 12.5. The molecule has 392 valence electrons. The van der Waals surface area contributed by atoms with Gasteiger partial charge in [0.25, 0.3) is 0 Å². The van der Waals surface area contributed by atoms with Crippen LogP contribution in [0.5, 0.6) is 0 Å². The van der Waals surface area contributed by atoms with E-state index >= 15 is 0 Å². The first kappa shape index (κ1) is 62.2. The maximum Gasteiger partial charge on any atom is 0.332 e. The van der Waals surface area contributed by atoms with Crippen LogP contribution in [0, 0.1) is 11.8 Å². The molecule has 67 heavy (non-hydrogen) atoms. The number of hydrogen-bond donors (Lipinski definition) is 1. The van der Waals surface area contributed by atoms with E-state index in [1.54, 1.807) is 11.9 Å². The standard InChI is InChI=1S/C54H99NO12/c1-6-10-14-18-20-26-33-46(32-24-16-12-8-3)52(60)55(5)42-50(58)63-39-30-22-28-37-54(66-43-48(67-54)36-41-64-51(59)45-62-44-49(56)57)38-29-23-31-40-65-53(61)47(34-25-17-13-9-4)35-27-21-19-15-11-7-2/h46-48H,6-45H2,1-5H3,(H,56,57). The molecule has 0 aromatic carbocycles. The summed E-state index contributed by atoms with van der Waals surface area (Å²) >= 11 is 0. The summed E-state index contributed by atoms with van der Waals surface area (Å²) in [5.41, 5.74) is 0. The lowest BCUT2D eigenvalue weighted by Gasteiger charge is -2.28. The molecule has 0 bridgehead atoms. The van der Waals surface area contributed by atoms with Gasteiger partial charge in [-0.1, -0.05) is 156 Å². The third-order valence-corrected chi connectivity index (χ3v) is 13.0. The largest absolute Gasteiger partial charge is 0.480 e. The second-order valence-electron chi connectivity index (χ2n) is 19.3. The quantitative estimate of drug-likeness (QED) is 0.0349. The summed E-state index contributed by atoms with van der Waals surface area (Å²) in [7, 11) is 1.72. The molecule has 4 atom stereocenters. The van der Waals surface area contributed by atoms with Gasteiger partial charge in [-0.25, -0.2) is 9.59 Å². The fourth-order valence-electron chi connectivity index (χ4n) is 8.91. The minimum Gasteiger partial charge on any atom is -0.480 e. The summed E-state index contributed by atoms with van der Waals surface area (Å²) in [5, 5.41) is 8.73. The number of likely N-dealkylation sites (N-methyl/N-ethyl adjacent to an activating group) is 1. The number of hydrogen-bond acceptors (Lipinski definition) is 11. The van der Waals surface area contributed by atoms with Gasteiger partial charge < -0.3 is 38.4 Å². The van der Waals surface area contributed by atoms with E-state index in [-0.39, 0.29) is 55.5 Å². The Hall–Kier alpha value is -2.77. The van der Waals surface area contributed by atoms with Gasteiger partial charge in [0, 0.05) is 32.2 Å². The van der Waals surface area contributed by atoms with E-state index in [0.717, 1.165) is 109 Å². The third kappa shape index (κ3) is 33.4. The van der Waals surface area contributed by atoms with E-state index in [4.69, 9.17) is 33.5 Å². The van der Waals surface area contributed by atoms with Crippen molar-refractivity contribution in [1.82, 2.24) is 4.90 Å². The molecule has 13 nitrogen and oxygen atoms in total. The Bertz CT molecular complexity index is 1260. The Morgan fingerprint density at radius 3 is 1.52 bits per heavy atom. The van der Waals surface area contributed by atoms with Crippen molar-refractivity contribution in [1.29, 1.82) is 0 Å². The van der Waals surface area contributed by atoms with Gasteiger partial charge in [-0.3, -0.25) is 14.4 Å². The fraction of sp³-hybridized carbons (Fsp3) is 0.907. The first-order valence-corrected chi connectivity index (χ1v) is 27.3. The van der Waals surface area contributed by atoms with E-state index in [1.165, 1.54) is 77.0 Å². The van der Waals surface area contributed by atoms with E-state index < -0.39 is 30.9 Å². The molecule has 1 aliphatic heterocycles. The zero-order valence-electron chi connectivity index (χ0n) is 43.4. The molecular formula is C54H99NO12. The number of esters is 3. The molecule has 0 aromatic heterocycles. The smallest absolute Gasteiger partial charge is 0.332 e. The van der Waals surface area contributed by atoms with Crippen molar-refractivity contribution in [2.45, 2.75) is 251 Å². The molecule has 1 fully saturated rings. The number of carboxylic acid groups (broad SMARTS) is 1. The topological polar surface area (TPSA) is 164 Å². The Morgan fingerprint density at radius 2 is 1.00 bits per heavy atom. The van der Waals surface area contributed by atoms with Crippen LogP contribution in [0.3, 0.4) is 0 Å². The minimum absolute atomic E-state index is 0.0173.